The van der Waals surface area contributed by atoms with Crippen LogP contribution in [0.25, 0.3) is 11.1 Å². The van der Waals surface area contributed by atoms with Crippen LogP contribution in [0.1, 0.15) is 10.4 Å². The molecule has 0 saturated heterocycles. The Bertz CT molecular complexity index is 564. The topological polar surface area (TPSA) is 17.1 Å². The zero-order chi connectivity index (χ0) is 12.4. The lowest BCUT2D eigenvalue weighted by atomic mass is 10.0. The van der Waals surface area contributed by atoms with Gasteiger partial charge in [0.05, 0.1) is 5.02 Å². The minimum Gasteiger partial charge on any atom is -0.298 e. The lowest BCUT2D eigenvalue weighted by Gasteiger charge is -2.06. The third kappa shape index (κ3) is 2.48. The highest BCUT2D eigenvalue weighted by molar-refractivity contribution is 6.35. The van der Waals surface area contributed by atoms with Gasteiger partial charge in [-0.25, -0.2) is 4.39 Å². The maximum Gasteiger partial charge on any atom is 0.150 e. The molecule has 0 radical (unpaired) electrons. The molecule has 2 aromatic carbocycles. The van der Waals surface area contributed by atoms with Gasteiger partial charge in [0.1, 0.15) is 12.1 Å². The molecule has 17 heavy (non-hydrogen) atoms. The van der Waals surface area contributed by atoms with E-state index in [1.165, 1.54) is 12.1 Å². The summed E-state index contributed by atoms with van der Waals surface area (Å²) in [6, 6.07) is 9.36. The van der Waals surface area contributed by atoms with E-state index < -0.39 is 5.82 Å². The zero-order valence-electron chi connectivity index (χ0n) is 8.58. The molecule has 0 aliphatic rings. The zero-order valence-corrected chi connectivity index (χ0v) is 10.1. The van der Waals surface area contributed by atoms with Crippen LogP contribution in [-0.2, 0) is 0 Å². The van der Waals surface area contributed by atoms with Crippen molar-refractivity contribution in [2.24, 2.45) is 0 Å². The van der Waals surface area contributed by atoms with Crippen molar-refractivity contribution in [2.75, 3.05) is 0 Å². The summed E-state index contributed by atoms with van der Waals surface area (Å²) in [7, 11) is 0. The normalized spacial score (nSPS) is 10.3. The van der Waals surface area contributed by atoms with E-state index in [2.05, 4.69) is 0 Å². The number of rotatable bonds is 2. The molecule has 4 heteroatoms. The molecule has 0 aliphatic heterocycles. The van der Waals surface area contributed by atoms with E-state index in [1.807, 2.05) is 0 Å². The Kier molecular flexibility index (Phi) is 3.46. The van der Waals surface area contributed by atoms with E-state index in [0.29, 0.717) is 21.7 Å². The van der Waals surface area contributed by atoms with E-state index >= 15 is 0 Å². The Morgan fingerprint density at radius 2 is 1.71 bits per heavy atom. The van der Waals surface area contributed by atoms with Gasteiger partial charge in [-0.1, -0.05) is 47.5 Å². The highest BCUT2D eigenvalue weighted by atomic mass is 35.5. The van der Waals surface area contributed by atoms with Crippen LogP contribution in [-0.4, -0.2) is 6.29 Å². The van der Waals surface area contributed by atoms with Crippen LogP contribution in [0.5, 0.6) is 0 Å². The van der Waals surface area contributed by atoms with Gasteiger partial charge in [-0.05, 0) is 17.7 Å². The summed E-state index contributed by atoms with van der Waals surface area (Å²) in [5.41, 5.74) is 1.47. The summed E-state index contributed by atoms with van der Waals surface area (Å²) in [5, 5.41) is 0.345. The molecule has 1 nitrogen and oxygen atoms in total. The molecular formula is C13H7Cl2FO. The van der Waals surface area contributed by atoms with Crippen molar-refractivity contribution < 1.29 is 9.18 Å². The van der Waals surface area contributed by atoms with Crippen LogP contribution in [0.2, 0.25) is 10.0 Å². The van der Waals surface area contributed by atoms with E-state index in [9.17, 15) is 9.18 Å². The molecule has 0 atom stereocenters. The number of aldehydes is 1. The van der Waals surface area contributed by atoms with Gasteiger partial charge in [0.25, 0.3) is 0 Å². The van der Waals surface area contributed by atoms with Crippen LogP contribution in [0.3, 0.4) is 0 Å². The molecule has 0 heterocycles. The fraction of sp³-hybridized carbons (Fsp3) is 0. The van der Waals surface area contributed by atoms with E-state index in [4.69, 9.17) is 23.2 Å². The van der Waals surface area contributed by atoms with E-state index in [1.54, 1.807) is 24.3 Å². The molecule has 0 amide bonds. The lowest BCUT2D eigenvalue weighted by Crippen LogP contribution is -1.87. The first-order chi connectivity index (χ1) is 8.11. The number of halogens is 3. The molecular weight excluding hydrogens is 262 g/mol. The van der Waals surface area contributed by atoms with Gasteiger partial charge in [0.15, 0.2) is 0 Å². The Morgan fingerprint density at radius 3 is 2.29 bits per heavy atom. The van der Waals surface area contributed by atoms with Crippen molar-refractivity contribution in [3.63, 3.8) is 0 Å². The van der Waals surface area contributed by atoms with Gasteiger partial charge in [0, 0.05) is 16.1 Å². The summed E-state index contributed by atoms with van der Waals surface area (Å²) < 4.78 is 13.8. The fourth-order valence-corrected chi connectivity index (χ4v) is 2.00. The van der Waals surface area contributed by atoms with Gasteiger partial charge in [-0.2, -0.15) is 0 Å². The Balaban J connectivity index is 2.55. The van der Waals surface area contributed by atoms with Gasteiger partial charge in [-0.15, -0.1) is 0 Å². The van der Waals surface area contributed by atoms with Crippen molar-refractivity contribution >= 4 is 29.5 Å². The summed E-state index contributed by atoms with van der Waals surface area (Å²) in [5.74, 6) is -0.519. The lowest BCUT2D eigenvalue weighted by molar-refractivity contribution is 0.112. The maximum absolute atomic E-state index is 13.8. The standard InChI is InChI=1S/C13H7Cl2FO/c14-10-5-11(13(16)12(15)6-10)9-3-1-8(7-17)2-4-9/h1-7H. The fourth-order valence-electron chi connectivity index (χ4n) is 1.51. The van der Waals surface area contributed by atoms with Crippen molar-refractivity contribution in [3.05, 3.63) is 57.8 Å². The Labute approximate surface area is 108 Å². The van der Waals surface area contributed by atoms with Crippen molar-refractivity contribution in [1.82, 2.24) is 0 Å². The summed E-state index contributed by atoms with van der Waals surface area (Å²) >= 11 is 11.5. The first-order valence-corrected chi connectivity index (χ1v) is 5.57. The van der Waals surface area contributed by atoms with Crippen LogP contribution < -0.4 is 0 Å². The van der Waals surface area contributed by atoms with Crippen LogP contribution >= 0.6 is 23.2 Å². The molecule has 0 aromatic heterocycles. The average molecular weight is 269 g/mol. The number of hydrogen-bond donors (Lipinski definition) is 0. The monoisotopic (exact) mass is 268 g/mol. The largest absolute Gasteiger partial charge is 0.298 e. The molecule has 2 rings (SSSR count). The molecule has 0 fully saturated rings. The van der Waals surface area contributed by atoms with Crippen molar-refractivity contribution in [3.8, 4) is 11.1 Å². The molecule has 0 spiro atoms. The second-order valence-corrected chi connectivity index (χ2v) is 4.33. The van der Waals surface area contributed by atoms with E-state index in [-0.39, 0.29) is 5.02 Å². The molecule has 0 aliphatic carbocycles. The van der Waals surface area contributed by atoms with Gasteiger partial charge in [0.2, 0.25) is 0 Å². The first-order valence-electron chi connectivity index (χ1n) is 4.82. The highest BCUT2D eigenvalue weighted by Gasteiger charge is 2.10. The summed E-state index contributed by atoms with van der Waals surface area (Å²) in [4.78, 5) is 10.5. The second kappa shape index (κ2) is 4.86. The van der Waals surface area contributed by atoms with Crippen LogP contribution in [0, 0.1) is 5.82 Å². The third-order valence-corrected chi connectivity index (χ3v) is 2.84. The third-order valence-electron chi connectivity index (χ3n) is 2.35. The van der Waals surface area contributed by atoms with E-state index in [0.717, 1.165) is 6.29 Å². The number of carbonyl (C=O) groups is 1. The Morgan fingerprint density at radius 1 is 1.06 bits per heavy atom. The van der Waals surface area contributed by atoms with Gasteiger partial charge >= 0.3 is 0 Å². The second-order valence-electron chi connectivity index (χ2n) is 3.49. The predicted molar refractivity (Wildman–Crippen MR) is 67.2 cm³/mol. The summed E-state index contributed by atoms with van der Waals surface area (Å²) in [6.45, 7) is 0. The number of hydrogen-bond acceptors (Lipinski definition) is 1. The first kappa shape index (κ1) is 12.1. The van der Waals surface area contributed by atoms with Gasteiger partial charge < -0.3 is 0 Å². The minimum atomic E-state index is -0.519. The van der Waals surface area contributed by atoms with Gasteiger partial charge in [-0.3, -0.25) is 4.79 Å². The molecule has 2 aromatic rings. The molecule has 0 unspecified atom stereocenters. The average Bonchev–Trinajstić information content (AvgIpc) is 2.34. The smallest absolute Gasteiger partial charge is 0.150 e. The molecule has 86 valence electrons. The Hall–Kier alpha value is -1.38. The molecule has 0 N–H and O–H groups in total. The van der Waals surface area contributed by atoms with Crippen LogP contribution in [0.15, 0.2) is 36.4 Å². The highest BCUT2D eigenvalue weighted by Crippen LogP contribution is 2.31. The maximum atomic E-state index is 13.8. The predicted octanol–water partition coefficient (Wildman–Crippen LogP) is 4.61. The van der Waals surface area contributed by atoms with Crippen molar-refractivity contribution in [2.45, 2.75) is 0 Å². The molecule has 0 saturated carbocycles. The minimum absolute atomic E-state index is 0.0213. The summed E-state index contributed by atoms with van der Waals surface area (Å²) in [6.07, 6.45) is 0.727. The quantitative estimate of drug-likeness (QED) is 0.574. The SMILES string of the molecule is O=Cc1ccc(-c2cc(Cl)cc(Cl)c2F)cc1. The number of benzene rings is 2. The van der Waals surface area contributed by atoms with Crippen molar-refractivity contribution in [1.29, 1.82) is 0 Å². The van der Waals surface area contributed by atoms with Crippen LogP contribution in [0.4, 0.5) is 4.39 Å². The number of carbonyl (C=O) groups excluding carboxylic acids is 1. The molecule has 0 bridgehead atoms.